The SMILES string of the molecule is CCOP(OCC)N(P(OC(C)C)OC(C)C)C(C)(C)C. The molecule has 0 rings (SSSR count). The van der Waals surface area contributed by atoms with Gasteiger partial charge in [0.05, 0.1) is 25.4 Å². The first-order chi connectivity index (χ1) is 9.63. The predicted octanol–water partition coefficient (Wildman–Crippen LogP) is 5.46. The molecule has 0 amide bonds. The van der Waals surface area contributed by atoms with Gasteiger partial charge in [-0.05, 0) is 62.3 Å². The molecule has 0 bridgehead atoms. The summed E-state index contributed by atoms with van der Waals surface area (Å²) in [5.41, 5.74) is -0.175. The third kappa shape index (κ3) is 8.76. The first-order valence-corrected chi connectivity index (χ1v) is 9.89. The summed E-state index contributed by atoms with van der Waals surface area (Å²) in [4.78, 5) is 0. The topological polar surface area (TPSA) is 40.2 Å². The number of nitrogens with zero attached hydrogens (tertiary/aromatic N) is 1. The number of hydrogen-bond acceptors (Lipinski definition) is 5. The van der Waals surface area contributed by atoms with Crippen molar-refractivity contribution in [2.45, 2.75) is 80.1 Å². The molecule has 0 N–H and O–H groups in total. The Balaban J connectivity index is 5.36. The summed E-state index contributed by atoms with van der Waals surface area (Å²) in [5.74, 6) is 0. The number of rotatable bonds is 10. The van der Waals surface area contributed by atoms with E-state index in [0.717, 1.165) is 0 Å². The average molecular weight is 341 g/mol. The van der Waals surface area contributed by atoms with Crippen LogP contribution in [0.5, 0.6) is 0 Å². The molecule has 0 aliphatic heterocycles. The molecule has 0 unspecified atom stereocenters. The van der Waals surface area contributed by atoms with Crippen LogP contribution in [0.3, 0.4) is 0 Å². The highest BCUT2D eigenvalue weighted by Crippen LogP contribution is 2.63. The molecule has 0 saturated carbocycles. The fourth-order valence-electron chi connectivity index (χ4n) is 1.39. The van der Waals surface area contributed by atoms with E-state index in [1.54, 1.807) is 0 Å². The van der Waals surface area contributed by atoms with Crippen molar-refractivity contribution in [1.82, 2.24) is 4.44 Å². The normalized spacial score (nSPS) is 13.4. The van der Waals surface area contributed by atoms with Crippen molar-refractivity contribution in [1.29, 1.82) is 0 Å². The second kappa shape index (κ2) is 10.4. The van der Waals surface area contributed by atoms with Crippen LogP contribution in [-0.4, -0.2) is 35.4 Å². The minimum atomic E-state index is -1.24. The van der Waals surface area contributed by atoms with Crippen molar-refractivity contribution in [2.24, 2.45) is 0 Å². The first-order valence-electron chi connectivity index (χ1n) is 7.63. The van der Waals surface area contributed by atoms with Gasteiger partial charge < -0.3 is 18.1 Å². The Kier molecular flexibility index (Phi) is 10.8. The monoisotopic (exact) mass is 341 g/mol. The van der Waals surface area contributed by atoms with Gasteiger partial charge in [-0.3, -0.25) is 0 Å². The highest BCUT2D eigenvalue weighted by atomic mass is 31.2. The summed E-state index contributed by atoms with van der Waals surface area (Å²) < 4.78 is 25.9. The molecule has 0 saturated heterocycles. The summed E-state index contributed by atoms with van der Waals surface area (Å²) in [6.45, 7) is 19.6. The van der Waals surface area contributed by atoms with E-state index in [1.807, 2.05) is 41.5 Å². The molecule has 5 nitrogen and oxygen atoms in total. The van der Waals surface area contributed by atoms with Crippen LogP contribution in [0.4, 0.5) is 0 Å². The lowest BCUT2D eigenvalue weighted by molar-refractivity contribution is 0.131. The van der Waals surface area contributed by atoms with Crippen LogP contribution in [0.25, 0.3) is 0 Å². The molecule has 128 valence electrons. The lowest BCUT2D eigenvalue weighted by atomic mass is 10.1. The highest BCUT2D eigenvalue weighted by Gasteiger charge is 2.41. The van der Waals surface area contributed by atoms with Crippen LogP contribution in [0.2, 0.25) is 0 Å². The van der Waals surface area contributed by atoms with Gasteiger partial charge >= 0.3 is 0 Å². The summed E-state index contributed by atoms with van der Waals surface area (Å²) >= 11 is 0. The largest absolute Gasteiger partial charge is 0.322 e. The standard InChI is InChI=1S/C14H33NO4P2/c1-10-16-20(17-11-2)15(14(7,8)9)21(18-12(3)4)19-13(5)6/h12-13H,10-11H2,1-9H3. The molecule has 0 aliphatic carbocycles. The zero-order valence-corrected chi connectivity index (χ0v) is 16.8. The lowest BCUT2D eigenvalue weighted by Gasteiger charge is -2.42. The quantitative estimate of drug-likeness (QED) is 0.493. The van der Waals surface area contributed by atoms with E-state index in [9.17, 15) is 0 Å². The molecular formula is C14H33NO4P2. The summed E-state index contributed by atoms with van der Waals surface area (Å²) in [5, 5.41) is 0. The molecule has 7 heteroatoms. The fraction of sp³-hybridized carbons (Fsp3) is 1.00. The van der Waals surface area contributed by atoms with E-state index >= 15 is 0 Å². The molecular weight excluding hydrogens is 308 g/mol. The fourth-order valence-corrected chi connectivity index (χ4v) is 5.10. The van der Waals surface area contributed by atoms with Gasteiger partial charge in [-0.1, -0.05) is 0 Å². The molecule has 0 atom stereocenters. The Hall–Kier alpha value is 0.660. The summed E-state index contributed by atoms with van der Waals surface area (Å²) in [6.07, 6.45) is 0.166. The predicted molar refractivity (Wildman–Crippen MR) is 91.1 cm³/mol. The van der Waals surface area contributed by atoms with Crippen LogP contribution < -0.4 is 0 Å². The molecule has 0 aromatic carbocycles. The Labute approximate surface area is 133 Å². The van der Waals surface area contributed by atoms with Gasteiger partial charge in [0.1, 0.15) is 0 Å². The van der Waals surface area contributed by atoms with Gasteiger partial charge in [0.25, 0.3) is 17.1 Å². The smallest absolute Gasteiger partial charge is 0.267 e. The van der Waals surface area contributed by atoms with Crippen LogP contribution in [0.15, 0.2) is 0 Å². The van der Waals surface area contributed by atoms with Gasteiger partial charge in [0.2, 0.25) is 0 Å². The van der Waals surface area contributed by atoms with Gasteiger partial charge in [-0.15, -0.1) is 0 Å². The maximum Gasteiger partial charge on any atom is 0.267 e. The van der Waals surface area contributed by atoms with Crippen molar-refractivity contribution in [3.8, 4) is 0 Å². The molecule has 0 aromatic rings. The van der Waals surface area contributed by atoms with Gasteiger partial charge in [0, 0.05) is 5.54 Å². The van der Waals surface area contributed by atoms with E-state index in [2.05, 4.69) is 25.2 Å². The van der Waals surface area contributed by atoms with E-state index in [-0.39, 0.29) is 17.7 Å². The highest BCUT2D eigenvalue weighted by molar-refractivity contribution is 7.60. The average Bonchev–Trinajstić information content (AvgIpc) is 2.25. The van der Waals surface area contributed by atoms with Crippen molar-refractivity contribution < 1.29 is 18.1 Å². The maximum atomic E-state index is 6.05. The maximum absolute atomic E-state index is 6.05. The summed E-state index contributed by atoms with van der Waals surface area (Å²) in [7, 11) is -2.44. The van der Waals surface area contributed by atoms with E-state index in [4.69, 9.17) is 18.1 Å². The van der Waals surface area contributed by atoms with E-state index in [0.29, 0.717) is 13.2 Å². The van der Waals surface area contributed by atoms with Crippen molar-refractivity contribution >= 4 is 17.1 Å². The Morgan fingerprint density at radius 3 is 1.43 bits per heavy atom. The third-order valence-electron chi connectivity index (χ3n) is 1.99. The molecule has 0 fully saturated rings. The summed E-state index contributed by atoms with van der Waals surface area (Å²) in [6, 6.07) is 0. The van der Waals surface area contributed by atoms with E-state index < -0.39 is 17.1 Å². The lowest BCUT2D eigenvalue weighted by Crippen LogP contribution is -2.36. The molecule has 0 aliphatic rings. The Morgan fingerprint density at radius 1 is 0.810 bits per heavy atom. The second-order valence-electron chi connectivity index (χ2n) is 6.08. The third-order valence-corrected chi connectivity index (χ3v) is 6.85. The van der Waals surface area contributed by atoms with Gasteiger partial charge in [-0.2, -0.15) is 4.44 Å². The number of hydrogen-bond donors (Lipinski definition) is 0. The zero-order chi connectivity index (χ0) is 16.6. The first kappa shape index (κ1) is 21.7. The minimum absolute atomic E-state index is 0.0832. The van der Waals surface area contributed by atoms with Crippen LogP contribution in [0.1, 0.15) is 62.3 Å². The molecule has 0 heterocycles. The zero-order valence-electron chi connectivity index (χ0n) is 15.0. The van der Waals surface area contributed by atoms with Crippen molar-refractivity contribution in [2.75, 3.05) is 13.2 Å². The molecule has 0 spiro atoms. The van der Waals surface area contributed by atoms with E-state index in [1.165, 1.54) is 0 Å². The van der Waals surface area contributed by atoms with Crippen molar-refractivity contribution in [3.05, 3.63) is 0 Å². The Bertz CT molecular complexity index is 256. The molecule has 21 heavy (non-hydrogen) atoms. The molecule has 0 aromatic heterocycles. The van der Waals surface area contributed by atoms with Crippen LogP contribution in [0, 0.1) is 0 Å². The van der Waals surface area contributed by atoms with Gasteiger partial charge in [0.15, 0.2) is 0 Å². The second-order valence-corrected chi connectivity index (χ2v) is 9.08. The van der Waals surface area contributed by atoms with Crippen LogP contribution >= 0.6 is 17.1 Å². The minimum Gasteiger partial charge on any atom is -0.322 e. The van der Waals surface area contributed by atoms with Crippen LogP contribution in [-0.2, 0) is 18.1 Å². The van der Waals surface area contributed by atoms with Crippen molar-refractivity contribution in [3.63, 3.8) is 0 Å². The molecule has 0 radical (unpaired) electrons. The Morgan fingerprint density at radius 2 is 1.19 bits per heavy atom. The van der Waals surface area contributed by atoms with Gasteiger partial charge in [-0.25, -0.2) is 0 Å².